The Bertz CT molecular complexity index is 1370. The topological polar surface area (TPSA) is 149 Å². The normalized spacial score (nSPS) is 14.3. The number of anilines is 3. The van der Waals surface area contributed by atoms with Crippen molar-refractivity contribution in [3.05, 3.63) is 46.5 Å². The summed E-state index contributed by atoms with van der Waals surface area (Å²) in [6.07, 6.45) is -1.90. The van der Waals surface area contributed by atoms with E-state index in [1.54, 1.807) is 17.8 Å². The van der Waals surface area contributed by atoms with Crippen molar-refractivity contribution in [2.24, 2.45) is 14.1 Å². The molecule has 4 heterocycles. The van der Waals surface area contributed by atoms with Gasteiger partial charge >= 0.3 is 6.18 Å². The van der Waals surface area contributed by atoms with Gasteiger partial charge in [-0.3, -0.25) is 19.3 Å². The molecule has 4 rings (SSSR count). The summed E-state index contributed by atoms with van der Waals surface area (Å²) in [5.74, 6) is -1.90. The molecule has 16 heteroatoms. The molecule has 3 aromatic rings. The van der Waals surface area contributed by atoms with Crippen molar-refractivity contribution in [1.82, 2.24) is 24.3 Å². The number of nitrogens with zero attached hydrogens (tertiary/aromatic N) is 4. The Hall–Kier alpha value is -3.89. The Kier molecular flexibility index (Phi) is 8.27. The number of aromatic nitrogens is 3. The van der Waals surface area contributed by atoms with Crippen LogP contribution in [0.15, 0.2) is 24.5 Å². The molecule has 5 N–H and O–H groups in total. The maximum absolute atomic E-state index is 13.2. The van der Waals surface area contributed by atoms with Crippen molar-refractivity contribution in [1.29, 1.82) is 0 Å². The number of nitrogens with one attached hydrogen (secondary N) is 3. The molecule has 0 radical (unpaired) electrons. The van der Waals surface area contributed by atoms with Crippen LogP contribution in [0.1, 0.15) is 36.3 Å². The van der Waals surface area contributed by atoms with E-state index in [9.17, 15) is 27.6 Å². The van der Waals surface area contributed by atoms with Crippen molar-refractivity contribution in [3.8, 4) is 0 Å². The third-order valence-corrected chi connectivity index (χ3v) is 6.81. The first-order valence-corrected chi connectivity index (χ1v) is 12.6. The molecule has 1 aliphatic heterocycles. The van der Waals surface area contributed by atoms with Gasteiger partial charge in [-0.1, -0.05) is 11.3 Å². The van der Waals surface area contributed by atoms with E-state index in [0.717, 1.165) is 13.1 Å². The number of carbonyl (C=O) groups excluding carboxylic acids is 3. The smallest absolute Gasteiger partial charge is 0.379 e. The number of ether oxygens (including phenoxy) is 1. The average molecular weight is 569 g/mol. The predicted molar refractivity (Wildman–Crippen MR) is 138 cm³/mol. The number of rotatable bonds is 8. The van der Waals surface area contributed by atoms with E-state index in [0.29, 0.717) is 49.0 Å². The lowest BCUT2D eigenvalue weighted by Gasteiger charge is -2.26. The molecule has 1 saturated heterocycles. The van der Waals surface area contributed by atoms with Crippen LogP contribution in [0.2, 0.25) is 0 Å². The van der Waals surface area contributed by atoms with Gasteiger partial charge in [-0.2, -0.15) is 13.2 Å². The molecular formula is C23H27F3N8O4S. The van der Waals surface area contributed by atoms with Crippen molar-refractivity contribution in [2.75, 3.05) is 55.8 Å². The Labute approximate surface area is 224 Å². The van der Waals surface area contributed by atoms with E-state index in [4.69, 9.17) is 10.5 Å². The molecule has 1 aliphatic rings. The third kappa shape index (κ3) is 6.76. The SMILES string of the molecule is Cn1cc(NC(=O)c2cc(NC(=O)c3sc(N)nc3C(F)(F)F)cn2C)cc1C(=O)NCCN1CCOCC1. The van der Waals surface area contributed by atoms with Crippen LogP contribution in [0, 0.1) is 0 Å². The van der Waals surface area contributed by atoms with Gasteiger partial charge in [0, 0.05) is 52.7 Å². The highest BCUT2D eigenvalue weighted by Gasteiger charge is 2.39. The standard InChI is InChI=1S/C23H27F3N8O4S/c1-32-11-13(9-15(32)19(35)28-3-4-34-5-7-38-8-6-34)29-20(36)16-10-14(12-33(16)2)30-21(37)17-18(23(24,25)26)31-22(27)39-17/h9-12H,3-8H2,1-2H3,(H2,27,31)(H,28,35)(H,29,36)(H,30,37). The van der Waals surface area contributed by atoms with Gasteiger partial charge in [0.1, 0.15) is 16.3 Å². The molecule has 12 nitrogen and oxygen atoms in total. The number of morpholine rings is 1. The van der Waals surface area contributed by atoms with E-state index in [1.165, 1.54) is 29.9 Å². The quantitative estimate of drug-likeness (QED) is 0.325. The zero-order chi connectivity index (χ0) is 28.3. The molecule has 39 heavy (non-hydrogen) atoms. The van der Waals surface area contributed by atoms with E-state index in [-0.39, 0.29) is 17.3 Å². The number of nitrogen functional groups attached to an aromatic ring is 1. The number of carbonyl (C=O) groups is 3. The van der Waals surface area contributed by atoms with Gasteiger partial charge in [0.15, 0.2) is 10.8 Å². The summed E-state index contributed by atoms with van der Waals surface area (Å²) in [6, 6.07) is 2.84. The predicted octanol–water partition coefficient (Wildman–Crippen LogP) is 1.99. The van der Waals surface area contributed by atoms with Gasteiger partial charge < -0.3 is 35.6 Å². The zero-order valence-corrected chi connectivity index (χ0v) is 21.9. The van der Waals surface area contributed by atoms with Crippen LogP contribution < -0.4 is 21.7 Å². The Morgan fingerprint density at radius 2 is 1.56 bits per heavy atom. The van der Waals surface area contributed by atoms with Crippen molar-refractivity contribution in [3.63, 3.8) is 0 Å². The van der Waals surface area contributed by atoms with Crippen LogP contribution >= 0.6 is 11.3 Å². The second-order valence-electron chi connectivity index (χ2n) is 8.80. The molecule has 3 aromatic heterocycles. The average Bonchev–Trinajstić information content (AvgIpc) is 3.55. The maximum Gasteiger partial charge on any atom is 0.435 e. The molecule has 0 bridgehead atoms. The number of hydrogen-bond acceptors (Lipinski definition) is 8. The highest BCUT2D eigenvalue weighted by atomic mass is 32.1. The number of amides is 3. The lowest BCUT2D eigenvalue weighted by Crippen LogP contribution is -2.41. The second-order valence-corrected chi connectivity index (χ2v) is 9.83. The minimum atomic E-state index is -4.85. The first-order chi connectivity index (χ1) is 18.4. The molecule has 210 valence electrons. The summed E-state index contributed by atoms with van der Waals surface area (Å²) in [4.78, 5) is 42.7. The highest BCUT2D eigenvalue weighted by molar-refractivity contribution is 7.17. The first-order valence-electron chi connectivity index (χ1n) is 11.8. The minimum absolute atomic E-state index is 0.0983. The lowest BCUT2D eigenvalue weighted by atomic mass is 10.3. The number of nitrogens with two attached hydrogens (primary N) is 1. The van der Waals surface area contributed by atoms with Gasteiger partial charge in [0.2, 0.25) is 0 Å². The molecule has 0 unspecified atom stereocenters. The Balaban J connectivity index is 1.37. The summed E-state index contributed by atoms with van der Waals surface area (Å²) < 4.78 is 47.8. The van der Waals surface area contributed by atoms with Gasteiger partial charge in [-0.05, 0) is 12.1 Å². The molecule has 3 amide bonds. The van der Waals surface area contributed by atoms with Crippen LogP contribution in [0.4, 0.5) is 29.7 Å². The summed E-state index contributed by atoms with van der Waals surface area (Å²) in [6.45, 7) is 4.13. The van der Waals surface area contributed by atoms with Gasteiger partial charge in [-0.15, -0.1) is 0 Å². The van der Waals surface area contributed by atoms with Gasteiger partial charge in [-0.25, -0.2) is 4.98 Å². The van der Waals surface area contributed by atoms with Gasteiger partial charge in [0.25, 0.3) is 17.7 Å². The number of aryl methyl sites for hydroxylation is 2. The summed E-state index contributed by atoms with van der Waals surface area (Å²) in [7, 11) is 3.21. The first kappa shape index (κ1) is 28.1. The monoisotopic (exact) mass is 568 g/mol. The lowest BCUT2D eigenvalue weighted by molar-refractivity contribution is -0.140. The van der Waals surface area contributed by atoms with Crippen molar-refractivity contribution >= 4 is 45.6 Å². The fourth-order valence-electron chi connectivity index (χ4n) is 4.03. The largest absolute Gasteiger partial charge is 0.435 e. The molecule has 1 fully saturated rings. The minimum Gasteiger partial charge on any atom is -0.379 e. The fourth-order valence-corrected chi connectivity index (χ4v) is 4.77. The number of thiazole rings is 1. The zero-order valence-electron chi connectivity index (χ0n) is 21.1. The molecular weight excluding hydrogens is 541 g/mol. The number of halogens is 3. The fraction of sp³-hybridized carbons (Fsp3) is 0.391. The molecule has 0 aliphatic carbocycles. The van der Waals surface area contributed by atoms with Crippen molar-refractivity contribution < 1.29 is 32.3 Å². The number of alkyl halides is 3. The highest BCUT2D eigenvalue weighted by Crippen LogP contribution is 2.35. The van der Waals surface area contributed by atoms with E-state index in [2.05, 4.69) is 25.8 Å². The molecule has 0 aromatic carbocycles. The van der Waals surface area contributed by atoms with Crippen LogP contribution in [0.25, 0.3) is 0 Å². The summed E-state index contributed by atoms with van der Waals surface area (Å²) in [5, 5.41) is 7.50. The van der Waals surface area contributed by atoms with Crippen LogP contribution in [-0.2, 0) is 25.0 Å². The van der Waals surface area contributed by atoms with E-state index in [1.807, 2.05) is 0 Å². The van der Waals surface area contributed by atoms with E-state index < -0.39 is 33.7 Å². The van der Waals surface area contributed by atoms with Gasteiger partial charge in [0.05, 0.1) is 24.6 Å². The molecule has 0 spiro atoms. The third-order valence-electron chi connectivity index (χ3n) is 5.93. The van der Waals surface area contributed by atoms with Crippen LogP contribution in [0.3, 0.4) is 0 Å². The summed E-state index contributed by atoms with van der Waals surface area (Å²) in [5.41, 5.74) is 4.92. The van der Waals surface area contributed by atoms with Crippen LogP contribution in [0.5, 0.6) is 0 Å². The molecule has 0 atom stereocenters. The second kappa shape index (κ2) is 11.5. The van der Waals surface area contributed by atoms with Crippen LogP contribution in [-0.4, -0.2) is 76.1 Å². The Morgan fingerprint density at radius 1 is 1.00 bits per heavy atom. The Morgan fingerprint density at radius 3 is 2.15 bits per heavy atom. The summed E-state index contributed by atoms with van der Waals surface area (Å²) >= 11 is 0.412. The van der Waals surface area contributed by atoms with E-state index >= 15 is 0 Å². The number of hydrogen-bond donors (Lipinski definition) is 4. The molecule has 0 saturated carbocycles. The van der Waals surface area contributed by atoms with Crippen molar-refractivity contribution in [2.45, 2.75) is 6.18 Å². The maximum atomic E-state index is 13.2.